The summed E-state index contributed by atoms with van der Waals surface area (Å²) in [5.74, 6) is 0.320. The summed E-state index contributed by atoms with van der Waals surface area (Å²) in [6.07, 6.45) is 4.42. The molecule has 0 unspecified atom stereocenters. The molecular weight excluding hydrogens is 285 g/mol. The van der Waals surface area contributed by atoms with Crippen LogP contribution in [0.2, 0.25) is 5.02 Å². The number of benzene rings is 1. The van der Waals surface area contributed by atoms with Crippen LogP contribution >= 0.6 is 23.2 Å². The molecule has 1 aliphatic carbocycles. The smallest absolute Gasteiger partial charge is 0.252 e. The van der Waals surface area contributed by atoms with Crippen LogP contribution in [0.15, 0.2) is 18.2 Å². The van der Waals surface area contributed by atoms with Crippen molar-refractivity contribution in [3.63, 3.8) is 0 Å². The molecule has 1 fully saturated rings. The number of hydrogen-bond acceptors (Lipinski definition) is 2. The lowest BCUT2D eigenvalue weighted by molar-refractivity contribution is 0.0935. The van der Waals surface area contributed by atoms with Crippen LogP contribution in [-0.2, 0) is 0 Å². The summed E-state index contributed by atoms with van der Waals surface area (Å²) >= 11 is 12.0. The van der Waals surface area contributed by atoms with Crippen molar-refractivity contribution < 1.29 is 9.90 Å². The zero-order valence-corrected chi connectivity index (χ0v) is 12.1. The molecular formula is C14H17Cl2NO2. The van der Waals surface area contributed by atoms with Gasteiger partial charge in [0.2, 0.25) is 0 Å². The molecule has 1 saturated carbocycles. The Morgan fingerprint density at radius 2 is 2.05 bits per heavy atom. The fourth-order valence-electron chi connectivity index (χ4n) is 2.53. The van der Waals surface area contributed by atoms with Gasteiger partial charge in [0, 0.05) is 17.8 Å². The minimum Gasteiger partial charge on any atom is -0.508 e. The van der Waals surface area contributed by atoms with E-state index in [0.717, 1.165) is 25.7 Å². The lowest BCUT2D eigenvalue weighted by Gasteiger charge is -2.26. The largest absolute Gasteiger partial charge is 0.508 e. The highest BCUT2D eigenvalue weighted by atomic mass is 35.5. The molecule has 0 bridgehead atoms. The number of phenolic OH excluding ortho intramolecular Hbond substituents is 1. The van der Waals surface area contributed by atoms with Gasteiger partial charge in [0.25, 0.3) is 5.91 Å². The van der Waals surface area contributed by atoms with E-state index in [-0.39, 0.29) is 17.1 Å². The van der Waals surface area contributed by atoms with Crippen LogP contribution in [0.3, 0.4) is 0 Å². The number of nitrogens with one attached hydrogen (secondary N) is 1. The minimum atomic E-state index is -0.266. The predicted octanol–water partition coefficient (Wildman–Crippen LogP) is 3.57. The van der Waals surface area contributed by atoms with Gasteiger partial charge in [-0.25, -0.2) is 0 Å². The van der Waals surface area contributed by atoms with Gasteiger partial charge in [0.15, 0.2) is 0 Å². The second kappa shape index (κ2) is 6.02. The number of carbonyl (C=O) groups excluding carboxylic acids is 1. The van der Waals surface area contributed by atoms with Crippen molar-refractivity contribution in [2.75, 3.05) is 12.4 Å². The van der Waals surface area contributed by atoms with Crippen LogP contribution < -0.4 is 5.32 Å². The van der Waals surface area contributed by atoms with Crippen LogP contribution in [0.4, 0.5) is 0 Å². The van der Waals surface area contributed by atoms with E-state index in [9.17, 15) is 9.90 Å². The summed E-state index contributed by atoms with van der Waals surface area (Å²) in [5, 5.41) is 12.6. The summed E-state index contributed by atoms with van der Waals surface area (Å²) in [6, 6.07) is 4.34. The molecule has 2 N–H and O–H groups in total. The molecule has 1 amide bonds. The maximum Gasteiger partial charge on any atom is 0.252 e. The number of rotatable bonds is 4. The third-order valence-corrected chi connectivity index (χ3v) is 4.66. The van der Waals surface area contributed by atoms with E-state index in [1.165, 1.54) is 18.2 Å². The van der Waals surface area contributed by atoms with Crippen molar-refractivity contribution in [3.05, 3.63) is 28.8 Å². The summed E-state index contributed by atoms with van der Waals surface area (Å²) < 4.78 is 0. The molecule has 1 aliphatic rings. The molecule has 0 aromatic heterocycles. The van der Waals surface area contributed by atoms with E-state index >= 15 is 0 Å². The number of aromatic hydroxyl groups is 1. The molecule has 1 aromatic carbocycles. The van der Waals surface area contributed by atoms with Crippen molar-refractivity contribution in [1.82, 2.24) is 5.32 Å². The van der Waals surface area contributed by atoms with Gasteiger partial charge in [-0.05, 0) is 31.0 Å². The molecule has 0 radical (unpaired) electrons. The molecule has 0 heterocycles. The van der Waals surface area contributed by atoms with E-state index in [2.05, 4.69) is 5.32 Å². The molecule has 0 spiro atoms. The van der Waals surface area contributed by atoms with Gasteiger partial charge < -0.3 is 10.4 Å². The van der Waals surface area contributed by atoms with E-state index in [1.807, 2.05) is 0 Å². The second-order valence-corrected chi connectivity index (χ2v) is 5.86. The van der Waals surface area contributed by atoms with Crippen molar-refractivity contribution in [3.8, 4) is 5.75 Å². The first-order valence-electron chi connectivity index (χ1n) is 6.39. The van der Waals surface area contributed by atoms with Gasteiger partial charge in [-0.15, -0.1) is 11.6 Å². The van der Waals surface area contributed by atoms with E-state index in [4.69, 9.17) is 23.2 Å². The fraction of sp³-hybridized carbons (Fsp3) is 0.500. The highest BCUT2D eigenvalue weighted by Crippen LogP contribution is 2.38. The van der Waals surface area contributed by atoms with Gasteiger partial charge in [-0.3, -0.25) is 4.79 Å². The summed E-state index contributed by atoms with van der Waals surface area (Å²) in [7, 11) is 0. The molecule has 19 heavy (non-hydrogen) atoms. The number of halogens is 2. The molecule has 104 valence electrons. The number of phenols is 1. The number of carbonyl (C=O) groups is 1. The Morgan fingerprint density at radius 1 is 1.37 bits per heavy atom. The lowest BCUT2D eigenvalue weighted by atomic mass is 9.88. The van der Waals surface area contributed by atoms with Gasteiger partial charge >= 0.3 is 0 Å². The zero-order chi connectivity index (χ0) is 13.9. The fourth-order valence-corrected chi connectivity index (χ4v) is 3.10. The monoisotopic (exact) mass is 301 g/mol. The number of alkyl halides is 1. The highest BCUT2D eigenvalue weighted by Gasteiger charge is 2.33. The molecule has 3 nitrogen and oxygen atoms in total. The Hall–Kier alpha value is -0.930. The van der Waals surface area contributed by atoms with Crippen molar-refractivity contribution in [2.24, 2.45) is 5.41 Å². The lowest BCUT2D eigenvalue weighted by Crippen LogP contribution is -2.37. The molecule has 1 aromatic rings. The molecule has 0 saturated heterocycles. The molecule has 2 rings (SSSR count). The maximum absolute atomic E-state index is 12.1. The van der Waals surface area contributed by atoms with Crippen LogP contribution in [-0.4, -0.2) is 23.4 Å². The molecule has 0 atom stereocenters. The maximum atomic E-state index is 12.1. The first-order chi connectivity index (χ1) is 9.06. The van der Waals surface area contributed by atoms with Crippen molar-refractivity contribution >= 4 is 29.1 Å². The predicted molar refractivity (Wildman–Crippen MR) is 77.1 cm³/mol. The normalized spacial score (nSPS) is 17.4. The van der Waals surface area contributed by atoms with Crippen LogP contribution in [0.5, 0.6) is 5.75 Å². The SMILES string of the molecule is O=C(NCC1(CCl)CCCC1)c1cc(O)ccc1Cl. The summed E-state index contributed by atoms with van der Waals surface area (Å²) in [6.45, 7) is 0.557. The van der Waals surface area contributed by atoms with E-state index < -0.39 is 0 Å². The summed E-state index contributed by atoms with van der Waals surface area (Å²) in [5.41, 5.74) is 0.310. The van der Waals surface area contributed by atoms with Crippen molar-refractivity contribution in [1.29, 1.82) is 0 Å². The Balaban J connectivity index is 2.03. The second-order valence-electron chi connectivity index (χ2n) is 5.19. The van der Waals surface area contributed by atoms with Crippen molar-refractivity contribution in [2.45, 2.75) is 25.7 Å². The van der Waals surface area contributed by atoms with Crippen LogP contribution in [0.25, 0.3) is 0 Å². The Morgan fingerprint density at radius 3 is 2.68 bits per heavy atom. The van der Waals surface area contributed by atoms with Gasteiger partial charge in [-0.1, -0.05) is 24.4 Å². The van der Waals surface area contributed by atoms with Gasteiger partial charge in [-0.2, -0.15) is 0 Å². The van der Waals surface area contributed by atoms with Crippen LogP contribution in [0, 0.1) is 5.41 Å². The minimum absolute atomic E-state index is 0.0144. The third-order valence-electron chi connectivity index (χ3n) is 3.77. The third kappa shape index (κ3) is 3.34. The molecule has 0 aliphatic heterocycles. The number of hydrogen-bond donors (Lipinski definition) is 2. The first-order valence-corrected chi connectivity index (χ1v) is 7.30. The van der Waals surface area contributed by atoms with Crippen LogP contribution in [0.1, 0.15) is 36.0 Å². The summed E-state index contributed by atoms with van der Waals surface area (Å²) in [4.78, 5) is 12.1. The number of amides is 1. The quantitative estimate of drug-likeness (QED) is 0.835. The van der Waals surface area contributed by atoms with E-state index in [1.54, 1.807) is 0 Å². The topological polar surface area (TPSA) is 49.3 Å². The zero-order valence-electron chi connectivity index (χ0n) is 10.6. The standard InChI is InChI=1S/C14H17Cl2NO2/c15-8-14(5-1-2-6-14)9-17-13(19)11-7-10(18)3-4-12(11)16/h3-4,7,18H,1-2,5-6,8-9H2,(H,17,19). The first kappa shape index (κ1) is 14.5. The average Bonchev–Trinajstić information content (AvgIpc) is 2.88. The van der Waals surface area contributed by atoms with Gasteiger partial charge in [0.05, 0.1) is 10.6 Å². The average molecular weight is 302 g/mol. The highest BCUT2D eigenvalue weighted by molar-refractivity contribution is 6.33. The van der Waals surface area contributed by atoms with Gasteiger partial charge in [0.1, 0.15) is 5.75 Å². The Labute approximate surface area is 122 Å². The Bertz CT molecular complexity index is 471. The Kier molecular flexibility index (Phi) is 4.58. The molecule has 5 heteroatoms. The van der Waals surface area contributed by atoms with E-state index in [0.29, 0.717) is 23.0 Å².